The number of carbonyl (C=O) groups excluding carboxylic acids is 1. The molecule has 1 aliphatic heterocycles. The lowest BCUT2D eigenvalue weighted by Crippen LogP contribution is -2.27. The fourth-order valence-corrected chi connectivity index (χ4v) is 4.55. The summed E-state index contributed by atoms with van der Waals surface area (Å²) in [7, 11) is 0. The largest absolute Gasteiger partial charge is 0.478 e. The molecule has 7 heteroatoms. The third-order valence-electron chi connectivity index (χ3n) is 4.59. The van der Waals surface area contributed by atoms with Crippen LogP contribution in [0.2, 0.25) is 0 Å². The Hall–Kier alpha value is -2.90. The summed E-state index contributed by atoms with van der Waals surface area (Å²) < 4.78 is 2.52. The summed E-state index contributed by atoms with van der Waals surface area (Å²) in [5.74, 6) is -1.29. The number of fused-ring (bicyclic) bond motifs is 1. The molecule has 0 radical (unpaired) electrons. The fraction of sp³-hybridized carbons (Fsp3) is 0.0952. The number of amides is 1. The van der Waals surface area contributed by atoms with Gasteiger partial charge in [0.25, 0.3) is 5.91 Å². The quantitative estimate of drug-likeness (QED) is 0.498. The van der Waals surface area contributed by atoms with Gasteiger partial charge in [0.2, 0.25) is 0 Å². The van der Waals surface area contributed by atoms with Gasteiger partial charge in [0.1, 0.15) is 0 Å². The number of thioether (sulfide) groups is 1. The summed E-state index contributed by atoms with van der Waals surface area (Å²) in [5, 5.41) is 10.3. The third kappa shape index (κ3) is 3.12. The minimum Gasteiger partial charge on any atom is -0.478 e. The van der Waals surface area contributed by atoms with Gasteiger partial charge in [0, 0.05) is 29.2 Å². The highest BCUT2D eigenvalue weighted by molar-refractivity contribution is 8.27. The van der Waals surface area contributed by atoms with E-state index in [0.29, 0.717) is 14.9 Å². The number of carboxylic acid groups (broad SMARTS) is 1. The van der Waals surface area contributed by atoms with Crippen LogP contribution in [0.3, 0.4) is 0 Å². The number of para-hydroxylation sites is 1. The van der Waals surface area contributed by atoms with Gasteiger partial charge in [-0.1, -0.05) is 48.2 Å². The van der Waals surface area contributed by atoms with E-state index in [1.807, 2.05) is 30.5 Å². The maximum absolute atomic E-state index is 13.0. The Kier molecular flexibility index (Phi) is 4.78. The summed E-state index contributed by atoms with van der Waals surface area (Å²) in [6.07, 6.45) is 3.89. The molecular formula is C21H16N2O3S2. The summed E-state index contributed by atoms with van der Waals surface area (Å²) >= 11 is 6.62. The molecule has 28 heavy (non-hydrogen) atoms. The number of aromatic nitrogens is 1. The van der Waals surface area contributed by atoms with Crippen molar-refractivity contribution in [2.75, 3.05) is 4.90 Å². The minimum absolute atomic E-state index is 0.113. The number of aromatic carboxylic acids is 1. The Morgan fingerprint density at radius 3 is 2.75 bits per heavy atom. The number of anilines is 1. The third-order valence-corrected chi connectivity index (χ3v) is 5.89. The van der Waals surface area contributed by atoms with E-state index in [0.717, 1.165) is 23.0 Å². The van der Waals surface area contributed by atoms with Gasteiger partial charge < -0.3 is 9.67 Å². The molecule has 0 atom stereocenters. The second kappa shape index (κ2) is 7.26. The smallest absolute Gasteiger partial charge is 0.335 e. The number of hydrogen-bond donors (Lipinski definition) is 1. The molecule has 0 spiro atoms. The summed E-state index contributed by atoms with van der Waals surface area (Å²) in [6.45, 7) is 2.91. The highest BCUT2D eigenvalue weighted by Crippen LogP contribution is 2.37. The first kappa shape index (κ1) is 18.5. The molecule has 1 aliphatic rings. The molecule has 4 rings (SSSR count). The van der Waals surface area contributed by atoms with Crippen LogP contribution in [-0.2, 0) is 11.3 Å². The zero-order valence-electron chi connectivity index (χ0n) is 15.0. The van der Waals surface area contributed by atoms with Gasteiger partial charge in [0.05, 0.1) is 16.2 Å². The van der Waals surface area contributed by atoms with Crippen LogP contribution in [-0.4, -0.2) is 25.9 Å². The van der Waals surface area contributed by atoms with Gasteiger partial charge in [-0.15, -0.1) is 0 Å². The van der Waals surface area contributed by atoms with Crippen LogP contribution < -0.4 is 4.90 Å². The number of benzene rings is 2. The first-order valence-corrected chi connectivity index (χ1v) is 9.91. The van der Waals surface area contributed by atoms with Crippen molar-refractivity contribution in [1.29, 1.82) is 0 Å². The fourth-order valence-electron chi connectivity index (χ4n) is 3.26. The molecule has 140 valence electrons. The van der Waals surface area contributed by atoms with Crippen LogP contribution >= 0.6 is 24.0 Å². The van der Waals surface area contributed by atoms with E-state index in [1.54, 1.807) is 12.1 Å². The first-order chi connectivity index (χ1) is 13.5. The SMILES string of the molecule is CCn1cc(/C=C2/SC(=S)N(c3cccc(C(=O)O)c3)C2=O)c2ccccc21. The molecule has 3 aromatic rings. The molecule has 5 nitrogen and oxygen atoms in total. The Balaban J connectivity index is 1.74. The number of aryl methyl sites for hydroxylation is 1. The van der Waals surface area contributed by atoms with E-state index in [1.165, 1.54) is 28.8 Å². The van der Waals surface area contributed by atoms with Crippen LogP contribution in [0.1, 0.15) is 22.8 Å². The zero-order chi connectivity index (χ0) is 19.8. The standard InChI is InChI=1S/C21H16N2O3S2/c1-2-22-12-14(16-8-3-4-9-17(16)22)11-18-19(24)23(21(27)28-18)15-7-5-6-13(10-15)20(25)26/h3-12H,2H2,1H3,(H,25,26)/b18-11+. The molecule has 0 unspecified atom stereocenters. The zero-order valence-corrected chi connectivity index (χ0v) is 16.6. The predicted molar refractivity (Wildman–Crippen MR) is 117 cm³/mol. The molecule has 0 aliphatic carbocycles. The molecule has 2 heterocycles. The van der Waals surface area contributed by atoms with Crippen molar-refractivity contribution in [3.63, 3.8) is 0 Å². The van der Waals surface area contributed by atoms with Gasteiger partial charge in [-0.05, 0) is 37.3 Å². The summed E-state index contributed by atoms with van der Waals surface area (Å²) in [6, 6.07) is 14.3. The molecule has 1 fully saturated rings. The lowest BCUT2D eigenvalue weighted by atomic mass is 10.1. The van der Waals surface area contributed by atoms with Crippen molar-refractivity contribution in [2.45, 2.75) is 13.5 Å². The first-order valence-electron chi connectivity index (χ1n) is 8.68. The molecular weight excluding hydrogens is 392 g/mol. The van der Waals surface area contributed by atoms with E-state index in [9.17, 15) is 14.7 Å². The number of carbonyl (C=O) groups is 2. The van der Waals surface area contributed by atoms with Crippen molar-refractivity contribution >= 4 is 62.8 Å². The highest BCUT2D eigenvalue weighted by atomic mass is 32.2. The van der Waals surface area contributed by atoms with E-state index in [-0.39, 0.29) is 11.5 Å². The Bertz CT molecular complexity index is 1160. The number of thiocarbonyl (C=S) groups is 1. The van der Waals surface area contributed by atoms with Crippen LogP contribution in [0.25, 0.3) is 17.0 Å². The Morgan fingerprint density at radius 2 is 2.00 bits per heavy atom. The summed E-state index contributed by atoms with van der Waals surface area (Å²) in [4.78, 5) is 26.2. The van der Waals surface area contributed by atoms with Crippen LogP contribution in [0, 0.1) is 0 Å². The molecule has 0 bridgehead atoms. The van der Waals surface area contributed by atoms with Crippen molar-refractivity contribution in [1.82, 2.24) is 4.57 Å². The van der Waals surface area contributed by atoms with Crippen molar-refractivity contribution < 1.29 is 14.7 Å². The van der Waals surface area contributed by atoms with Gasteiger partial charge in [-0.2, -0.15) is 0 Å². The molecule has 1 saturated heterocycles. The molecule has 1 N–H and O–H groups in total. The topological polar surface area (TPSA) is 62.5 Å². The summed E-state index contributed by atoms with van der Waals surface area (Å²) in [5.41, 5.74) is 2.64. The van der Waals surface area contributed by atoms with Crippen LogP contribution in [0.4, 0.5) is 5.69 Å². The van der Waals surface area contributed by atoms with Crippen LogP contribution in [0.15, 0.2) is 59.6 Å². The maximum Gasteiger partial charge on any atom is 0.335 e. The molecule has 1 aromatic heterocycles. The van der Waals surface area contributed by atoms with E-state index in [2.05, 4.69) is 17.6 Å². The minimum atomic E-state index is -1.05. The molecule has 1 amide bonds. The maximum atomic E-state index is 13.0. The second-order valence-corrected chi connectivity index (χ2v) is 7.94. The van der Waals surface area contributed by atoms with Crippen molar-refractivity contribution in [2.24, 2.45) is 0 Å². The number of nitrogens with zero attached hydrogens (tertiary/aromatic N) is 2. The van der Waals surface area contributed by atoms with Gasteiger partial charge >= 0.3 is 5.97 Å². The average Bonchev–Trinajstić information content (AvgIpc) is 3.19. The van der Waals surface area contributed by atoms with Crippen molar-refractivity contribution in [3.05, 3.63) is 70.8 Å². The van der Waals surface area contributed by atoms with E-state index < -0.39 is 5.97 Å². The molecule has 0 saturated carbocycles. The van der Waals surface area contributed by atoms with E-state index >= 15 is 0 Å². The van der Waals surface area contributed by atoms with Crippen molar-refractivity contribution in [3.8, 4) is 0 Å². The Morgan fingerprint density at radius 1 is 1.21 bits per heavy atom. The van der Waals surface area contributed by atoms with E-state index in [4.69, 9.17) is 12.2 Å². The molecule has 2 aromatic carbocycles. The number of hydrogen-bond acceptors (Lipinski definition) is 4. The number of carboxylic acids is 1. The monoisotopic (exact) mass is 408 g/mol. The van der Waals surface area contributed by atoms with Gasteiger partial charge in [-0.25, -0.2) is 4.79 Å². The second-order valence-electron chi connectivity index (χ2n) is 6.26. The average molecular weight is 409 g/mol. The lowest BCUT2D eigenvalue weighted by Gasteiger charge is -2.14. The Labute approximate surface area is 171 Å². The van der Waals surface area contributed by atoms with Gasteiger partial charge in [-0.3, -0.25) is 9.69 Å². The van der Waals surface area contributed by atoms with Crippen LogP contribution in [0.5, 0.6) is 0 Å². The normalized spacial score (nSPS) is 15.8. The predicted octanol–water partition coefficient (Wildman–Crippen LogP) is 4.77. The lowest BCUT2D eigenvalue weighted by molar-refractivity contribution is -0.113. The van der Waals surface area contributed by atoms with Gasteiger partial charge in [0.15, 0.2) is 4.32 Å². The number of rotatable bonds is 4. The highest BCUT2D eigenvalue weighted by Gasteiger charge is 2.33.